The molecule has 1 aliphatic heterocycles. The zero-order valence-corrected chi connectivity index (χ0v) is 19.8. The standard InChI is InChI=1S/C27H23NO5S/c1-17-7-10-21(11-8-17)26(30)33-22-12-9-19(14-23(22)32-3)15-24-25(29)28(27(31)34-24)16-20-6-4-5-18(2)13-20/h4-15H,16H2,1-3H3/b24-15-. The van der Waals surface area contributed by atoms with Gasteiger partial charge in [-0.3, -0.25) is 14.5 Å². The number of methoxy groups -OCH3 is 1. The Morgan fingerprint density at radius 2 is 1.71 bits per heavy atom. The average Bonchev–Trinajstić information content (AvgIpc) is 3.07. The van der Waals surface area contributed by atoms with Crippen LogP contribution < -0.4 is 9.47 Å². The fourth-order valence-corrected chi connectivity index (χ4v) is 4.33. The number of hydrogen-bond acceptors (Lipinski definition) is 6. The number of benzene rings is 3. The molecule has 1 aliphatic rings. The predicted molar refractivity (Wildman–Crippen MR) is 132 cm³/mol. The molecule has 0 unspecified atom stereocenters. The van der Waals surface area contributed by atoms with Crippen LogP contribution in [-0.4, -0.2) is 29.1 Å². The van der Waals surface area contributed by atoms with Crippen LogP contribution in [0.4, 0.5) is 4.79 Å². The van der Waals surface area contributed by atoms with E-state index in [4.69, 9.17) is 9.47 Å². The molecule has 34 heavy (non-hydrogen) atoms. The summed E-state index contributed by atoms with van der Waals surface area (Å²) in [5, 5.41) is -0.312. The first-order valence-corrected chi connectivity index (χ1v) is 11.4. The largest absolute Gasteiger partial charge is 0.493 e. The lowest BCUT2D eigenvalue weighted by atomic mass is 10.1. The van der Waals surface area contributed by atoms with Gasteiger partial charge in [-0.1, -0.05) is 53.6 Å². The minimum Gasteiger partial charge on any atom is -0.493 e. The van der Waals surface area contributed by atoms with Crippen molar-refractivity contribution >= 4 is 35.0 Å². The molecule has 1 saturated heterocycles. The Morgan fingerprint density at radius 3 is 2.41 bits per heavy atom. The Hall–Kier alpha value is -3.84. The maximum atomic E-state index is 12.9. The molecule has 4 rings (SSSR count). The Morgan fingerprint density at radius 1 is 0.941 bits per heavy atom. The number of aryl methyl sites for hydroxylation is 2. The summed E-state index contributed by atoms with van der Waals surface area (Å²) in [5.41, 5.74) is 4.08. The lowest BCUT2D eigenvalue weighted by molar-refractivity contribution is -0.123. The first kappa shape index (κ1) is 23.3. The number of nitrogens with zero attached hydrogens (tertiary/aromatic N) is 1. The third-order valence-electron chi connectivity index (χ3n) is 5.27. The Balaban J connectivity index is 1.51. The number of imide groups is 1. The van der Waals surface area contributed by atoms with Crippen molar-refractivity contribution in [2.75, 3.05) is 7.11 Å². The maximum Gasteiger partial charge on any atom is 0.343 e. The van der Waals surface area contributed by atoms with Gasteiger partial charge in [0.1, 0.15) is 0 Å². The number of carbonyl (C=O) groups excluding carboxylic acids is 3. The van der Waals surface area contributed by atoms with Gasteiger partial charge in [-0.05, 0) is 67.1 Å². The summed E-state index contributed by atoms with van der Waals surface area (Å²) < 4.78 is 10.9. The summed E-state index contributed by atoms with van der Waals surface area (Å²) in [6, 6.07) is 19.7. The number of carbonyl (C=O) groups is 3. The number of ether oxygens (including phenoxy) is 2. The van der Waals surface area contributed by atoms with Gasteiger partial charge in [0.2, 0.25) is 0 Å². The van der Waals surface area contributed by atoms with E-state index in [-0.39, 0.29) is 23.4 Å². The van der Waals surface area contributed by atoms with E-state index >= 15 is 0 Å². The summed E-state index contributed by atoms with van der Waals surface area (Å²) >= 11 is 0.899. The minimum absolute atomic E-state index is 0.223. The first-order chi connectivity index (χ1) is 16.3. The topological polar surface area (TPSA) is 72.9 Å². The van der Waals surface area contributed by atoms with Gasteiger partial charge in [-0.25, -0.2) is 4.79 Å². The van der Waals surface area contributed by atoms with Crippen LogP contribution in [-0.2, 0) is 11.3 Å². The molecule has 0 aromatic heterocycles. The van der Waals surface area contributed by atoms with E-state index in [2.05, 4.69) is 0 Å². The highest BCUT2D eigenvalue weighted by molar-refractivity contribution is 8.18. The molecule has 0 atom stereocenters. The van der Waals surface area contributed by atoms with E-state index in [0.29, 0.717) is 21.8 Å². The predicted octanol–water partition coefficient (Wildman–Crippen LogP) is 5.77. The van der Waals surface area contributed by atoms with Crippen LogP contribution in [0.5, 0.6) is 11.5 Å². The molecule has 0 N–H and O–H groups in total. The van der Waals surface area contributed by atoms with Crippen LogP contribution in [0, 0.1) is 13.8 Å². The molecule has 0 radical (unpaired) electrons. The average molecular weight is 474 g/mol. The molecule has 0 aliphatic carbocycles. The molecule has 172 valence electrons. The van der Waals surface area contributed by atoms with E-state index in [1.165, 1.54) is 12.0 Å². The van der Waals surface area contributed by atoms with Crippen molar-refractivity contribution in [1.29, 1.82) is 0 Å². The van der Waals surface area contributed by atoms with Gasteiger partial charge in [0.15, 0.2) is 11.5 Å². The molecule has 6 nitrogen and oxygen atoms in total. The van der Waals surface area contributed by atoms with Gasteiger partial charge in [-0.15, -0.1) is 0 Å². The van der Waals surface area contributed by atoms with Crippen molar-refractivity contribution in [2.45, 2.75) is 20.4 Å². The smallest absolute Gasteiger partial charge is 0.343 e. The van der Waals surface area contributed by atoms with Crippen LogP contribution in [0.1, 0.15) is 32.6 Å². The van der Waals surface area contributed by atoms with Gasteiger partial charge < -0.3 is 9.47 Å². The van der Waals surface area contributed by atoms with Gasteiger partial charge >= 0.3 is 5.97 Å². The van der Waals surface area contributed by atoms with Crippen molar-refractivity contribution in [3.63, 3.8) is 0 Å². The van der Waals surface area contributed by atoms with Crippen LogP contribution in [0.15, 0.2) is 71.6 Å². The lowest BCUT2D eigenvalue weighted by Crippen LogP contribution is -2.27. The normalized spacial score (nSPS) is 14.6. The van der Waals surface area contributed by atoms with Crippen LogP contribution >= 0.6 is 11.8 Å². The first-order valence-electron chi connectivity index (χ1n) is 10.6. The molecule has 0 saturated carbocycles. The molecule has 7 heteroatoms. The van der Waals surface area contributed by atoms with Gasteiger partial charge in [-0.2, -0.15) is 0 Å². The number of esters is 1. The van der Waals surface area contributed by atoms with E-state index in [1.807, 2.05) is 50.2 Å². The van der Waals surface area contributed by atoms with Crippen LogP contribution in [0.25, 0.3) is 6.08 Å². The van der Waals surface area contributed by atoms with E-state index in [0.717, 1.165) is 28.5 Å². The van der Waals surface area contributed by atoms with Gasteiger partial charge in [0, 0.05) is 0 Å². The number of thioether (sulfide) groups is 1. The molecular weight excluding hydrogens is 450 g/mol. The summed E-state index contributed by atoms with van der Waals surface area (Å²) in [7, 11) is 1.47. The van der Waals surface area contributed by atoms with Crippen molar-refractivity contribution < 1.29 is 23.9 Å². The zero-order valence-electron chi connectivity index (χ0n) is 19.0. The molecule has 1 fully saturated rings. The third kappa shape index (κ3) is 5.21. The highest BCUT2D eigenvalue weighted by Gasteiger charge is 2.35. The second-order valence-electron chi connectivity index (χ2n) is 7.92. The van der Waals surface area contributed by atoms with Crippen molar-refractivity contribution in [2.24, 2.45) is 0 Å². The van der Waals surface area contributed by atoms with Crippen molar-refractivity contribution in [3.8, 4) is 11.5 Å². The molecule has 0 bridgehead atoms. The van der Waals surface area contributed by atoms with E-state index in [9.17, 15) is 14.4 Å². The Bertz CT molecular complexity index is 1300. The summed E-state index contributed by atoms with van der Waals surface area (Å²) in [4.78, 5) is 39.4. The lowest BCUT2D eigenvalue weighted by Gasteiger charge is -2.13. The maximum absolute atomic E-state index is 12.9. The summed E-state index contributed by atoms with van der Waals surface area (Å²) in [6.07, 6.45) is 1.63. The number of amides is 2. The molecule has 3 aromatic rings. The van der Waals surface area contributed by atoms with Gasteiger partial charge in [0.25, 0.3) is 11.1 Å². The third-order valence-corrected chi connectivity index (χ3v) is 6.18. The fourth-order valence-electron chi connectivity index (χ4n) is 3.49. The van der Waals surface area contributed by atoms with E-state index < -0.39 is 5.97 Å². The second kappa shape index (κ2) is 9.97. The highest BCUT2D eigenvalue weighted by Crippen LogP contribution is 2.35. The van der Waals surface area contributed by atoms with Crippen LogP contribution in [0.3, 0.4) is 0 Å². The molecule has 3 aromatic carbocycles. The van der Waals surface area contributed by atoms with Gasteiger partial charge in [0.05, 0.1) is 24.1 Å². The molecule has 2 amide bonds. The fraction of sp³-hybridized carbons (Fsp3) is 0.148. The summed E-state index contributed by atoms with van der Waals surface area (Å²) in [6.45, 7) is 4.13. The quantitative estimate of drug-likeness (QED) is 0.257. The Kier molecular flexibility index (Phi) is 6.84. The monoisotopic (exact) mass is 473 g/mol. The SMILES string of the molecule is COc1cc(/C=C2\SC(=O)N(Cc3cccc(C)c3)C2=O)ccc1OC(=O)c1ccc(C)cc1. The molecule has 1 heterocycles. The highest BCUT2D eigenvalue weighted by atomic mass is 32.2. The second-order valence-corrected chi connectivity index (χ2v) is 8.92. The minimum atomic E-state index is -0.497. The number of hydrogen-bond donors (Lipinski definition) is 0. The summed E-state index contributed by atoms with van der Waals surface area (Å²) in [5.74, 6) is -0.236. The zero-order chi connectivity index (χ0) is 24.2. The van der Waals surface area contributed by atoms with Crippen molar-refractivity contribution in [1.82, 2.24) is 4.90 Å². The van der Waals surface area contributed by atoms with Crippen molar-refractivity contribution in [3.05, 3.63) is 99.5 Å². The number of rotatable bonds is 6. The van der Waals surface area contributed by atoms with E-state index in [1.54, 1.807) is 36.4 Å². The van der Waals surface area contributed by atoms with Crippen LogP contribution in [0.2, 0.25) is 0 Å². The molecule has 0 spiro atoms. The molecular formula is C27H23NO5S. The Labute approximate surface area is 202 Å².